The summed E-state index contributed by atoms with van der Waals surface area (Å²) >= 11 is 0. The van der Waals surface area contributed by atoms with E-state index in [4.69, 9.17) is 4.98 Å². The molecular weight excluding hydrogens is 1320 g/mol. The Hall–Kier alpha value is -14.6. The minimum Gasteiger partial charge on any atom is -0.306 e. The van der Waals surface area contributed by atoms with Crippen LogP contribution in [-0.2, 0) is 5.41 Å². The minimum absolute atomic E-state index is 0.484. The van der Waals surface area contributed by atoms with Crippen LogP contribution in [0.4, 0.5) is 0 Å². The van der Waals surface area contributed by atoms with Crippen LogP contribution in [0.3, 0.4) is 0 Å². The van der Waals surface area contributed by atoms with E-state index in [-0.39, 0.29) is 0 Å². The Kier molecular flexibility index (Phi) is 13.1. The first-order chi connectivity index (χ1) is 54.1. The van der Waals surface area contributed by atoms with Crippen molar-refractivity contribution in [2.75, 3.05) is 0 Å². The summed E-state index contributed by atoms with van der Waals surface area (Å²) < 4.78 is 10.0. The first kappa shape index (κ1) is 60.7. The summed E-state index contributed by atoms with van der Waals surface area (Å²) in [5.74, 6) is 0. The zero-order chi connectivity index (χ0) is 71.6. The number of rotatable bonds is 9. The molecule has 0 saturated carbocycles. The summed E-state index contributed by atoms with van der Waals surface area (Å²) in [4.78, 5) is 5.75. The van der Waals surface area contributed by atoms with E-state index in [1.807, 2.05) is 6.20 Å². The van der Waals surface area contributed by atoms with Gasteiger partial charge in [-0.2, -0.15) is 5.26 Å². The van der Waals surface area contributed by atoms with Crippen LogP contribution in [0.5, 0.6) is 0 Å². The highest BCUT2D eigenvalue weighted by molar-refractivity contribution is 6.19. The Bertz CT molecular complexity index is 7090. The Morgan fingerprint density at radius 1 is 0.229 bits per heavy atom. The molecule has 0 bridgehead atoms. The third kappa shape index (κ3) is 8.52. The van der Waals surface area contributed by atoms with Crippen LogP contribution in [0.2, 0.25) is 0 Å². The number of hydrogen-bond acceptors (Lipinski definition) is 2. The number of nitrogens with zero attached hydrogens (tertiary/aromatic N) is 6. The first-order valence-corrected chi connectivity index (χ1v) is 37.4. The van der Waals surface area contributed by atoms with Crippen LogP contribution >= 0.6 is 0 Å². The van der Waals surface area contributed by atoms with Gasteiger partial charge in [-0.15, -0.1) is 0 Å². The number of aromatic nitrogens is 5. The molecular formula is C103H62N6. The van der Waals surface area contributed by atoms with Crippen LogP contribution in [-0.4, -0.2) is 23.3 Å². The summed E-state index contributed by atoms with van der Waals surface area (Å²) in [6.07, 6.45) is 1.99. The van der Waals surface area contributed by atoms with Crippen molar-refractivity contribution in [3.63, 3.8) is 0 Å². The molecule has 2 aliphatic rings. The number of nitriles is 1. The monoisotopic (exact) mass is 1380 g/mol. The lowest BCUT2D eigenvalue weighted by molar-refractivity contribution is 0.791. The fraction of sp³-hybridized carbons (Fsp3) is 0.00971. The van der Waals surface area contributed by atoms with E-state index in [1.54, 1.807) is 0 Å². The molecule has 1 spiro atoms. The summed E-state index contributed by atoms with van der Waals surface area (Å²) in [5, 5.41) is 22.4. The second-order valence-corrected chi connectivity index (χ2v) is 29.0. The number of para-hydroxylation sites is 4. The van der Waals surface area contributed by atoms with Gasteiger partial charge in [0.15, 0.2) is 0 Å². The van der Waals surface area contributed by atoms with Gasteiger partial charge in [-0.1, -0.05) is 291 Å². The molecule has 6 heteroatoms. The fourth-order valence-corrected chi connectivity index (χ4v) is 19.2. The highest BCUT2D eigenvalue weighted by Crippen LogP contribution is 2.65. The third-order valence-electron chi connectivity index (χ3n) is 23.7. The molecule has 109 heavy (non-hydrogen) atoms. The van der Waals surface area contributed by atoms with Crippen molar-refractivity contribution in [1.82, 2.24) is 23.3 Å². The lowest BCUT2D eigenvalue weighted by Gasteiger charge is -2.31. The molecule has 0 fully saturated rings. The number of benzene rings is 16. The van der Waals surface area contributed by atoms with Gasteiger partial charge in [0.05, 0.1) is 78.0 Å². The largest absolute Gasteiger partial charge is 0.306 e. The molecule has 21 aromatic rings. The van der Waals surface area contributed by atoms with Crippen LogP contribution in [0.25, 0.3) is 188 Å². The maximum Gasteiger partial charge on any atom is 0.104 e. The number of hydrogen-bond donors (Lipinski definition) is 0. The van der Waals surface area contributed by atoms with Crippen LogP contribution in [0.15, 0.2) is 376 Å². The average Bonchev–Trinajstić information content (AvgIpc) is 1.51. The lowest BCUT2D eigenvalue weighted by atomic mass is 9.70. The molecule has 16 aromatic carbocycles. The van der Waals surface area contributed by atoms with Gasteiger partial charge in [0.1, 0.15) is 11.6 Å². The molecule has 5 heterocycles. The Morgan fingerprint density at radius 3 is 0.908 bits per heavy atom. The maximum atomic E-state index is 13.9. The fourth-order valence-electron chi connectivity index (χ4n) is 19.2. The quantitative estimate of drug-likeness (QED) is 0.145. The summed E-state index contributed by atoms with van der Waals surface area (Å²) in [6.45, 7) is 0. The van der Waals surface area contributed by atoms with Crippen molar-refractivity contribution >= 4 is 87.2 Å². The van der Waals surface area contributed by atoms with Crippen LogP contribution in [0, 0.1) is 11.3 Å². The van der Waals surface area contributed by atoms with Crippen molar-refractivity contribution in [3.8, 4) is 107 Å². The van der Waals surface area contributed by atoms with Crippen molar-refractivity contribution in [2.45, 2.75) is 5.41 Å². The minimum atomic E-state index is -0.783. The SMILES string of the molecule is N#Cc1c(-n2c3ccccc3c3cc(-c4ccccc4)ccc32)c(-n2c3ccccc3c3cc(-c4ccccc4)ccc32)c(-c2cccc3c2-c2ncccc2C32c3ccccc3-c3ccccc32)c(-n2c3ccccc3c3cc(-c4ccccc4)ccc32)c1-n1c2ccccc2c2cc(-c3ccccc3)ccc21. The van der Waals surface area contributed by atoms with Gasteiger partial charge in [0.2, 0.25) is 0 Å². The lowest BCUT2D eigenvalue weighted by Crippen LogP contribution is -2.25. The van der Waals surface area contributed by atoms with Crippen molar-refractivity contribution in [3.05, 3.63) is 404 Å². The predicted octanol–water partition coefficient (Wildman–Crippen LogP) is 26.0. The second-order valence-electron chi connectivity index (χ2n) is 29.0. The van der Waals surface area contributed by atoms with E-state index in [0.717, 1.165) is 188 Å². The second kappa shape index (κ2) is 23.4. The average molecular weight is 1380 g/mol. The molecule has 0 atom stereocenters. The number of pyridine rings is 1. The van der Waals surface area contributed by atoms with Gasteiger partial charge in [-0.25, -0.2) is 0 Å². The number of fused-ring (bicyclic) bond motifs is 22. The molecule has 0 saturated heterocycles. The van der Waals surface area contributed by atoms with Gasteiger partial charge in [-0.3, -0.25) is 4.98 Å². The Balaban J connectivity index is 1.01. The Morgan fingerprint density at radius 2 is 0.532 bits per heavy atom. The van der Waals surface area contributed by atoms with E-state index in [1.165, 1.54) is 22.3 Å². The third-order valence-corrected chi connectivity index (χ3v) is 23.7. The summed E-state index contributed by atoms with van der Waals surface area (Å²) in [6, 6.07) is 139. The molecule has 0 N–H and O–H groups in total. The Labute approximate surface area is 628 Å². The van der Waals surface area contributed by atoms with Crippen LogP contribution in [0.1, 0.15) is 27.8 Å². The smallest absolute Gasteiger partial charge is 0.104 e. The van der Waals surface area contributed by atoms with Crippen molar-refractivity contribution in [2.24, 2.45) is 0 Å². The highest BCUT2D eigenvalue weighted by Gasteiger charge is 2.53. The zero-order valence-corrected chi connectivity index (χ0v) is 59.0. The molecule has 6 nitrogen and oxygen atoms in total. The van der Waals surface area contributed by atoms with Gasteiger partial charge in [0.25, 0.3) is 0 Å². The van der Waals surface area contributed by atoms with Crippen LogP contribution < -0.4 is 0 Å². The van der Waals surface area contributed by atoms with Gasteiger partial charge < -0.3 is 18.3 Å². The normalized spacial score (nSPS) is 12.7. The van der Waals surface area contributed by atoms with E-state index in [2.05, 4.69) is 394 Å². The van der Waals surface area contributed by atoms with Crippen molar-refractivity contribution in [1.29, 1.82) is 5.26 Å². The molecule has 0 unspecified atom stereocenters. The van der Waals surface area contributed by atoms with Gasteiger partial charge >= 0.3 is 0 Å². The summed E-state index contributed by atoms with van der Waals surface area (Å²) in [5.41, 5.74) is 30.4. The molecule has 2 aliphatic carbocycles. The molecule has 0 amide bonds. The molecule has 5 aromatic heterocycles. The van der Waals surface area contributed by atoms with Crippen molar-refractivity contribution < 1.29 is 0 Å². The van der Waals surface area contributed by atoms with E-state index in [9.17, 15) is 5.26 Å². The molecule has 0 radical (unpaired) electrons. The van der Waals surface area contributed by atoms with Gasteiger partial charge in [0, 0.05) is 60.4 Å². The predicted molar refractivity (Wildman–Crippen MR) is 450 cm³/mol. The zero-order valence-electron chi connectivity index (χ0n) is 59.0. The molecule has 0 aliphatic heterocycles. The van der Waals surface area contributed by atoms with E-state index < -0.39 is 5.41 Å². The standard InChI is InChI=1S/C103H62N6/c104-63-83-99(106-88-46-21-15-37-74(88)79-59-68(50-54-92(79)106)64-27-5-1-6-28-64)101(108-90-48-23-17-39-76(90)81-61-70(52-56-94(81)108)66-31-9-3-10-32-66)97(78-41-25-44-86-96(78)98-87(45-26-58-105-98)103(86)84-42-19-13-35-72(84)73-36-14-20-43-85(73)103)102(109-91-49-24-18-40-77(91)82-62-71(53-57-95(82)109)67-33-11-4-12-34-67)100(83)107-89-47-22-16-38-75(89)80-60-69(51-55-93(80)107)65-29-7-2-8-30-65/h1-62H. The van der Waals surface area contributed by atoms with Gasteiger partial charge in [-0.05, 0) is 162 Å². The van der Waals surface area contributed by atoms with E-state index >= 15 is 0 Å². The first-order valence-electron chi connectivity index (χ1n) is 37.4. The van der Waals surface area contributed by atoms with E-state index in [0.29, 0.717) is 5.56 Å². The maximum absolute atomic E-state index is 13.9. The highest BCUT2D eigenvalue weighted by atomic mass is 15.1. The molecule has 504 valence electrons. The topological polar surface area (TPSA) is 56.4 Å². The summed E-state index contributed by atoms with van der Waals surface area (Å²) in [7, 11) is 0. The molecule has 23 rings (SSSR count).